The molecule has 110 valence electrons. The summed E-state index contributed by atoms with van der Waals surface area (Å²) in [7, 11) is 1.85. The van der Waals surface area contributed by atoms with E-state index in [9.17, 15) is 4.79 Å². The Bertz CT molecular complexity index is 678. The second kappa shape index (κ2) is 5.43. The average Bonchev–Trinajstić information content (AvgIpc) is 2.85. The molecule has 1 amide bonds. The first-order valence-corrected chi connectivity index (χ1v) is 6.92. The van der Waals surface area contributed by atoms with Gasteiger partial charge in [-0.25, -0.2) is 4.98 Å². The van der Waals surface area contributed by atoms with Gasteiger partial charge in [0.2, 0.25) is 5.91 Å². The third kappa shape index (κ3) is 2.96. The predicted octanol–water partition coefficient (Wildman–Crippen LogP) is 0.937. The molecule has 0 saturated heterocycles. The van der Waals surface area contributed by atoms with Gasteiger partial charge in [0.15, 0.2) is 5.82 Å². The fourth-order valence-electron chi connectivity index (χ4n) is 2.41. The number of nitrogens with two attached hydrogens (primary N) is 1. The highest BCUT2D eigenvalue weighted by Crippen LogP contribution is 2.30. The van der Waals surface area contributed by atoms with Crippen LogP contribution in [0.25, 0.3) is 0 Å². The lowest BCUT2D eigenvalue weighted by Crippen LogP contribution is -2.19. The molecule has 0 fully saturated rings. The van der Waals surface area contributed by atoms with Gasteiger partial charge in [-0.3, -0.25) is 9.48 Å². The number of amides is 1. The summed E-state index contributed by atoms with van der Waals surface area (Å²) in [6.07, 6.45) is 3.69. The third-order valence-corrected chi connectivity index (χ3v) is 3.48. The van der Waals surface area contributed by atoms with Crippen LogP contribution in [0.3, 0.4) is 0 Å². The number of carbonyl (C=O) groups excluding carboxylic acids is 1. The number of benzene rings is 1. The first-order chi connectivity index (χ1) is 10.1. The molecule has 1 aliphatic rings. The summed E-state index contributed by atoms with van der Waals surface area (Å²) in [6, 6.07) is 3.82. The normalized spacial score (nSPS) is 13.7. The van der Waals surface area contributed by atoms with E-state index < -0.39 is 0 Å². The Balaban J connectivity index is 1.67. The van der Waals surface area contributed by atoms with E-state index in [1.807, 2.05) is 19.2 Å². The number of nitrogens with zero attached hydrogens (tertiary/aromatic N) is 3. The van der Waals surface area contributed by atoms with Gasteiger partial charge in [-0.2, -0.15) is 5.10 Å². The van der Waals surface area contributed by atoms with Gasteiger partial charge in [-0.05, 0) is 24.1 Å². The van der Waals surface area contributed by atoms with Gasteiger partial charge in [0.05, 0.1) is 11.4 Å². The number of anilines is 3. The molecule has 0 aliphatic carbocycles. The fourth-order valence-corrected chi connectivity index (χ4v) is 2.41. The van der Waals surface area contributed by atoms with E-state index in [1.54, 1.807) is 11.0 Å². The summed E-state index contributed by atoms with van der Waals surface area (Å²) < 4.78 is 1.69. The minimum Gasteiger partial charge on any atom is -0.397 e. The van der Waals surface area contributed by atoms with Crippen LogP contribution in [0.15, 0.2) is 18.5 Å². The molecule has 1 aromatic carbocycles. The summed E-state index contributed by atoms with van der Waals surface area (Å²) in [6.45, 7) is 0.708. The standard InChI is InChI=1S/C14H18N6O/c1-20-8-17-13(19-20)4-5-16-12-6-9-2-3-14(21)18-11(9)7-10(12)15/h6-8,16H,2-5,15H2,1H3,(H,18,21). The van der Waals surface area contributed by atoms with Crippen molar-refractivity contribution in [2.45, 2.75) is 19.3 Å². The first-order valence-electron chi connectivity index (χ1n) is 6.92. The molecule has 0 saturated carbocycles. The minimum absolute atomic E-state index is 0.0452. The van der Waals surface area contributed by atoms with Gasteiger partial charge in [0, 0.05) is 32.1 Å². The van der Waals surface area contributed by atoms with Crippen LogP contribution in [0, 0.1) is 0 Å². The number of aromatic nitrogens is 3. The van der Waals surface area contributed by atoms with Gasteiger partial charge in [0.25, 0.3) is 0 Å². The SMILES string of the molecule is Cn1cnc(CCNc2cc3c(cc2N)NC(=O)CC3)n1. The summed E-state index contributed by atoms with van der Waals surface area (Å²) in [5.74, 6) is 0.845. The first kappa shape index (κ1) is 13.4. The van der Waals surface area contributed by atoms with Crippen molar-refractivity contribution in [1.29, 1.82) is 0 Å². The maximum Gasteiger partial charge on any atom is 0.224 e. The smallest absolute Gasteiger partial charge is 0.224 e. The predicted molar refractivity (Wildman–Crippen MR) is 81.0 cm³/mol. The van der Waals surface area contributed by atoms with Gasteiger partial charge in [-0.1, -0.05) is 0 Å². The lowest BCUT2D eigenvalue weighted by molar-refractivity contribution is -0.116. The zero-order valence-electron chi connectivity index (χ0n) is 11.9. The topological polar surface area (TPSA) is 97.9 Å². The molecule has 0 bridgehead atoms. The Hall–Kier alpha value is -2.57. The number of nitrogen functional groups attached to an aromatic ring is 1. The molecule has 7 nitrogen and oxygen atoms in total. The van der Waals surface area contributed by atoms with E-state index in [-0.39, 0.29) is 5.91 Å². The number of hydrogen-bond acceptors (Lipinski definition) is 5. The van der Waals surface area contributed by atoms with Crippen LogP contribution in [0.2, 0.25) is 0 Å². The lowest BCUT2D eigenvalue weighted by atomic mass is 10.0. The van der Waals surface area contributed by atoms with Crippen molar-refractivity contribution in [1.82, 2.24) is 14.8 Å². The molecule has 1 aliphatic heterocycles. The van der Waals surface area contributed by atoms with E-state index >= 15 is 0 Å². The van der Waals surface area contributed by atoms with Crippen molar-refractivity contribution < 1.29 is 4.79 Å². The molecule has 4 N–H and O–H groups in total. The van der Waals surface area contributed by atoms with Crippen molar-refractivity contribution in [3.8, 4) is 0 Å². The molecule has 3 rings (SSSR count). The van der Waals surface area contributed by atoms with Gasteiger partial charge in [0.1, 0.15) is 6.33 Å². The number of fused-ring (bicyclic) bond motifs is 1. The second-order valence-electron chi connectivity index (χ2n) is 5.16. The van der Waals surface area contributed by atoms with Crippen molar-refractivity contribution in [2.75, 3.05) is 22.9 Å². The number of carbonyl (C=O) groups is 1. The number of hydrogen-bond donors (Lipinski definition) is 3. The number of nitrogens with one attached hydrogen (secondary N) is 2. The summed E-state index contributed by atoms with van der Waals surface area (Å²) in [4.78, 5) is 15.6. The summed E-state index contributed by atoms with van der Waals surface area (Å²) in [5, 5.41) is 10.4. The highest BCUT2D eigenvalue weighted by atomic mass is 16.1. The molecular weight excluding hydrogens is 268 g/mol. The van der Waals surface area contributed by atoms with E-state index in [0.29, 0.717) is 18.7 Å². The lowest BCUT2D eigenvalue weighted by Gasteiger charge is -2.19. The van der Waals surface area contributed by atoms with Crippen LogP contribution in [-0.4, -0.2) is 27.2 Å². The van der Waals surface area contributed by atoms with E-state index in [2.05, 4.69) is 20.7 Å². The maximum absolute atomic E-state index is 11.4. The molecule has 7 heteroatoms. The largest absolute Gasteiger partial charge is 0.397 e. The molecule has 21 heavy (non-hydrogen) atoms. The molecule has 2 aromatic rings. The second-order valence-corrected chi connectivity index (χ2v) is 5.16. The molecule has 2 heterocycles. The highest BCUT2D eigenvalue weighted by Gasteiger charge is 2.16. The van der Waals surface area contributed by atoms with Crippen LogP contribution in [0.1, 0.15) is 17.8 Å². The Morgan fingerprint density at radius 2 is 2.29 bits per heavy atom. The number of rotatable bonds is 4. The molecule has 0 radical (unpaired) electrons. The molecule has 0 atom stereocenters. The van der Waals surface area contributed by atoms with Crippen LogP contribution in [-0.2, 0) is 24.7 Å². The van der Waals surface area contributed by atoms with E-state index in [0.717, 1.165) is 35.6 Å². The molecule has 0 spiro atoms. The van der Waals surface area contributed by atoms with Crippen molar-refractivity contribution >= 4 is 23.0 Å². The quantitative estimate of drug-likeness (QED) is 0.727. The minimum atomic E-state index is 0.0452. The Morgan fingerprint density at radius 1 is 1.43 bits per heavy atom. The molecular formula is C14H18N6O. The fraction of sp³-hybridized carbons (Fsp3) is 0.357. The van der Waals surface area contributed by atoms with Gasteiger partial charge in [-0.15, -0.1) is 0 Å². The highest BCUT2D eigenvalue weighted by molar-refractivity contribution is 5.95. The summed E-state index contributed by atoms with van der Waals surface area (Å²) in [5.41, 5.74) is 9.48. The molecule has 1 aromatic heterocycles. The van der Waals surface area contributed by atoms with E-state index in [1.165, 1.54) is 0 Å². The number of aryl methyl sites for hydroxylation is 2. The third-order valence-electron chi connectivity index (χ3n) is 3.48. The Kier molecular flexibility index (Phi) is 3.47. The van der Waals surface area contributed by atoms with Crippen LogP contribution < -0.4 is 16.4 Å². The van der Waals surface area contributed by atoms with Crippen molar-refractivity contribution in [3.63, 3.8) is 0 Å². The van der Waals surface area contributed by atoms with Crippen LogP contribution >= 0.6 is 0 Å². The maximum atomic E-state index is 11.4. The zero-order valence-corrected chi connectivity index (χ0v) is 11.9. The van der Waals surface area contributed by atoms with Crippen LogP contribution in [0.5, 0.6) is 0 Å². The van der Waals surface area contributed by atoms with E-state index in [4.69, 9.17) is 5.73 Å². The van der Waals surface area contributed by atoms with Crippen LogP contribution in [0.4, 0.5) is 17.1 Å². The molecule has 0 unspecified atom stereocenters. The zero-order chi connectivity index (χ0) is 14.8. The summed E-state index contributed by atoms with van der Waals surface area (Å²) >= 11 is 0. The van der Waals surface area contributed by atoms with Gasteiger partial charge >= 0.3 is 0 Å². The Morgan fingerprint density at radius 3 is 3.05 bits per heavy atom. The van der Waals surface area contributed by atoms with Gasteiger partial charge < -0.3 is 16.4 Å². The average molecular weight is 286 g/mol. The monoisotopic (exact) mass is 286 g/mol. The van der Waals surface area contributed by atoms with Crippen molar-refractivity contribution in [2.24, 2.45) is 7.05 Å². The van der Waals surface area contributed by atoms with Crippen molar-refractivity contribution in [3.05, 3.63) is 29.8 Å². The Labute approximate surface area is 122 Å².